The Morgan fingerprint density at radius 1 is 1.19 bits per heavy atom. The molecule has 1 unspecified atom stereocenters. The Kier molecular flexibility index (Phi) is 13.2. The van der Waals surface area contributed by atoms with E-state index in [-0.39, 0.29) is 95.2 Å². The van der Waals surface area contributed by atoms with Crippen molar-refractivity contribution in [1.29, 1.82) is 5.41 Å². The molecule has 192 valence electrons. The molecule has 1 heterocycles. The van der Waals surface area contributed by atoms with E-state index in [4.69, 9.17) is 25.7 Å². The Balaban J connectivity index is 0.00000481. The van der Waals surface area contributed by atoms with Crippen molar-refractivity contribution in [3.63, 3.8) is 0 Å². The van der Waals surface area contributed by atoms with Gasteiger partial charge in [-0.05, 0) is 43.2 Å². The number of nitrogen functional groups attached to an aromatic ring is 1. The van der Waals surface area contributed by atoms with Gasteiger partial charge in [0, 0.05) is 42.9 Å². The van der Waals surface area contributed by atoms with Crippen LogP contribution >= 0.6 is 0 Å². The van der Waals surface area contributed by atoms with Crippen LogP contribution in [0.5, 0.6) is 0 Å². The number of hydrogen-bond acceptors (Lipinski definition) is 7. The molecule has 0 radical (unpaired) electrons. The average Bonchev–Trinajstić information content (AvgIpc) is 3.24. The number of carbonyl (C=O) groups excluding carboxylic acids is 3. The van der Waals surface area contributed by atoms with Crippen molar-refractivity contribution in [2.24, 2.45) is 11.7 Å². The standard InChI is InChI=1S/C25H31N5O6.K/c1-2-35-36-22(29-25(33)34-16-17-6-4-3-5-7-17)15-28-21(31)14-19-12-13-30(24(19)32)20-10-8-18(9-11-20)23(26)27;/h3-11,19,22H,2,12-16H2,1H3,(H5,26,27,28,29,31,33);/q;+1/p-1/t19?,22-;/m1./s1. The minimum atomic E-state index is -1.10. The molecular formula is C25H30KN5O6. The summed E-state index contributed by atoms with van der Waals surface area (Å²) in [7, 11) is 0. The number of ether oxygens (including phenoxy) is 1. The largest absolute Gasteiger partial charge is 1.00 e. The zero-order chi connectivity index (χ0) is 25.9. The van der Waals surface area contributed by atoms with Crippen LogP contribution in [-0.2, 0) is 30.7 Å². The fraction of sp³-hybridized carbons (Fsp3) is 0.360. The third kappa shape index (κ3) is 9.81. The number of hydrogen-bond donors (Lipinski definition) is 3. The van der Waals surface area contributed by atoms with Gasteiger partial charge in [0.05, 0.1) is 6.61 Å². The van der Waals surface area contributed by atoms with Crippen LogP contribution < -0.4 is 67.3 Å². The number of amides is 3. The van der Waals surface area contributed by atoms with Crippen molar-refractivity contribution in [1.82, 2.24) is 5.32 Å². The summed E-state index contributed by atoms with van der Waals surface area (Å²) < 4.78 is 5.12. The zero-order valence-corrected chi connectivity index (χ0v) is 24.1. The number of benzene rings is 2. The number of carbonyl (C=O) groups is 3. The first-order valence-electron chi connectivity index (χ1n) is 11.6. The second-order valence-electron chi connectivity index (χ2n) is 8.07. The van der Waals surface area contributed by atoms with E-state index in [1.807, 2.05) is 30.3 Å². The van der Waals surface area contributed by atoms with E-state index in [0.29, 0.717) is 24.2 Å². The summed E-state index contributed by atoms with van der Waals surface area (Å²) in [5, 5.41) is 13.9. The molecule has 1 fully saturated rings. The van der Waals surface area contributed by atoms with E-state index in [2.05, 4.69) is 10.6 Å². The van der Waals surface area contributed by atoms with Crippen molar-refractivity contribution in [3.8, 4) is 0 Å². The molecule has 0 bridgehead atoms. The summed E-state index contributed by atoms with van der Waals surface area (Å²) in [6.07, 6.45) is -1.45. The van der Waals surface area contributed by atoms with Crippen LogP contribution in [0.1, 0.15) is 30.9 Å². The Labute approximate surface area is 258 Å². The normalized spacial score (nSPS) is 15.4. The maximum absolute atomic E-state index is 12.8. The van der Waals surface area contributed by atoms with E-state index >= 15 is 0 Å². The summed E-state index contributed by atoms with van der Waals surface area (Å²) >= 11 is 0. The Bertz CT molecular complexity index is 1050. The van der Waals surface area contributed by atoms with E-state index in [9.17, 15) is 14.4 Å². The summed E-state index contributed by atoms with van der Waals surface area (Å²) in [6.45, 7) is 2.33. The molecule has 37 heavy (non-hydrogen) atoms. The van der Waals surface area contributed by atoms with Crippen molar-refractivity contribution in [2.75, 3.05) is 24.6 Å². The number of nitrogens with zero attached hydrogens (tertiary/aromatic N) is 2. The van der Waals surface area contributed by atoms with Crippen molar-refractivity contribution < 1.29 is 80.3 Å². The number of amidine groups is 1. The monoisotopic (exact) mass is 535 g/mol. The molecule has 0 saturated carbocycles. The molecule has 0 spiro atoms. The predicted octanol–water partition coefficient (Wildman–Crippen LogP) is -0.161. The Hall–Kier alpha value is -2.32. The minimum absolute atomic E-state index is 0. The average molecular weight is 536 g/mol. The Morgan fingerprint density at radius 3 is 2.54 bits per heavy atom. The van der Waals surface area contributed by atoms with Gasteiger partial charge in [0.2, 0.25) is 17.9 Å². The molecule has 2 aromatic rings. The fourth-order valence-electron chi connectivity index (χ4n) is 3.62. The van der Waals surface area contributed by atoms with E-state index in [1.165, 1.54) is 0 Å². The van der Waals surface area contributed by atoms with Gasteiger partial charge in [-0.2, -0.15) is 0 Å². The molecule has 0 aliphatic carbocycles. The number of nitrogens with one attached hydrogen (secondary N) is 2. The van der Waals surface area contributed by atoms with E-state index in [0.717, 1.165) is 5.56 Å². The molecule has 11 nitrogen and oxygen atoms in total. The predicted molar refractivity (Wildman–Crippen MR) is 132 cm³/mol. The van der Waals surface area contributed by atoms with Gasteiger partial charge in [-0.15, -0.1) is 0 Å². The number of rotatable bonds is 12. The quantitative estimate of drug-likeness (QED) is 0.112. The van der Waals surface area contributed by atoms with E-state index < -0.39 is 18.2 Å². The third-order valence-corrected chi connectivity index (χ3v) is 5.46. The van der Waals surface area contributed by atoms with Gasteiger partial charge < -0.3 is 26.0 Å². The molecule has 3 rings (SSSR count). The first-order valence-corrected chi connectivity index (χ1v) is 11.6. The van der Waals surface area contributed by atoms with E-state index in [1.54, 1.807) is 36.1 Å². The van der Waals surface area contributed by atoms with Gasteiger partial charge in [-0.3, -0.25) is 24.7 Å². The van der Waals surface area contributed by atoms with Gasteiger partial charge in [0.1, 0.15) is 12.4 Å². The number of anilines is 1. The first-order chi connectivity index (χ1) is 17.4. The van der Waals surface area contributed by atoms with Crippen LogP contribution in [0.3, 0.4) is 0 Å². The molecule has 0 aromatic heterocycles. The molecular weight excluding hydrogens is 505 g/mol. The smallest absolute Gasteiger partial charge is 0.589 e. The summed E-state index contributed by atoms with van der Waals surface area (Å²) in [5.41, 5.74) is 7.54. The second-order valence-corrected chi connectivity index (χ2v) is 8.07. The van der Waals surface area contributed by atoms with Gasteiger partial charge >= 0.3 is 51.4 Å². The third-order valence-electron chi connectivity index (χ3n) is 5.46. The molecule has 3 amide bonds. The van der Waals surface area contributed by atoms with Gasteiger partial charge in [-0.1, -0.05) is 30.3 Å². The maximum Gasteiger partial charge on any atom is 1.00 e. The molecule has 2 atom stereocenters. The van der Waals surface area contributed by atoms with Gasteiger partial charge in [0.25, 0.3) is 0 Å². The van der Waals surface area contributed by atoms with Crippen LogP contribution in [0.15, 0.2) is 54.6 Å². The molecule has 1 aliphatic heterocycles. The molecule has 12 heteroatoms. The topological polar surface area (TPSA) is 158 Å². The molecule has 4 N–H and O–H groups in total. The number of nitrogens with two attached hydrogens (primary N) is 1. The summed E-state index contributed by atoms with van der Waals surface area (Å²) in [4.78, 5) is 49.0. The van der Waals surface area contributed by atoms with Crippen molar-refractivity contribution >= 4 is 29.4 Å². The Morgan fingerprint density at radius 2 is 1.89 bits per heavy atom. The zero-order valence-electron chi connectivity index (χ0n) is 21.0. The van der Waals surface area contributed by atoms with Crippen LogP contribution in [0, 0.1) is 11.3 Å². The van der Waals surface area contributed by atoms with Crippen molar-refractivity contribution in [3.05, 3.63) is 71.0 Å². The van der Waals surface area contributed by atoms with Crippen LogP contribution in [-0.4, -0.2) is 49.7 Å². The van der Waals surface area contributed by atoms with Gasteiger partial charge in [-0.25, -0.2) is 4.89 Å². The van der Waals surface area contributed by atoms with Gasteiger partial charge in [0.15, 0.2) is 0 Å². The van der Waals surface area contributed by atoms with Crippen molar-refractivity contribution in [2.45, 2.75) is 32.6 Å². The SMILES string of the molecule is CCOO[C@H](CNC(=O)CC1CCN(c2ccc(C(=N)N)cc2)C1=O)[N-]C(=O)OCc1ccccc1.[K+]. The van der Waals surface area contributed by atoms with Crippen LogP contribution in [0.2, 0.25) is 0 Å². The minimum Gasteiger partial charge on any atom is -0.589 e. The molecule has 1 saturated heterocycles. The molecule has 2 aromatic carbocycles. The summed E-state index contributed by atoms with van der Waals surface area (Å²) in [5.74, 6) is -1.06. The summed E-state index contributed by atoms with van der Waals surface area (Å²) in [6, 6.07) is 16.0. The first kappa shape index (κ1) is 30.9. The van der Waals surface area contributed by atoms with Crippen LogP contribution in [0.25, 0.3) is 5.32 Å². The fourth-order valence-corrected chi connectivity index (χ4v) is 3.62. The maximum atomic E-state index is 12.8. The second kappa shape index (κ2) is 15.8. The van der Waals surface area contributed by atoms with Crippen LogP contribution in [0.4, 0.5) is 10.5 Å². The molecule has 1 aliphatic rings.